The van der Waals surface area contributed by atoms with Crippen molar-refractivity contribution >= 4 is 62.4 Å². The lowest BCUT2D eigenvalue weighted by Crippen LogP contribution is -1.99. The molecule has 3 nitrogen and oxygen atoms in total. The summed E-state index contributed by atoms with van der Waals surface area (Å²) in [6.45, 7) is 6.39. The van der Waals surface area contributed by atoms with Crippen LogP contribution in [0.2, 0.25) is 10.0 Å². The molecule has 160 valence electrons. The van der Waals surface area contributed by atoms with Crippen LogP contribution in [0.3, 0.4) is 0 Å². The van der Waals surface area contributed by atoms with Gasteiger partial charge >= 0.3 is 0 Å². The fourth-order valence-corrected chi connectivity index (χ4v) is 6.01. The second-order valence-electron chi connectivity index (χ2n) is 8.29. The third-order valence-corrected chi connectivity index (χ3v) is 7.75. The molecule has 0 unspecified atom stereocenters. The molecule has 0 fully saturated rings. The highest BCUT2D eigenvalue weighted by molar-refractivity contribution is 7.19. The third-order valence-electron chi connectivity index (χ3n) is 6.01. The molecule has 2 aromatic heterocycles. The number of carbonyl (C=O) groups is 2. The van der Waals surface area contributed by atoms with E-state index in [0.29, 0.717) is 11.1 Å². The van der Waals surface area contributed by atoms with Gasteiger partial charge in [0.05, 0.1) is 31.5 Å². The average molecular weight is 480 g/mol. The van der Waals surface area contributed by atoms with Crippen LogP contribution in [0.1, 0.15) is 42.3 Å². The van der Waals surface area contributed by atoms with Crippen molar-refractivity contribution in [2.45, 2.75) is 20.8 Å². The number of rotatable bonds is 2. The Balaban J connectivity index is 1.57. The maximum atomic E-state index is 12.8. The van der Waals surface area contributed by atoms with Gasteiger partial charge in [-0.25, -0.2) is 0 Å². The Bertz CT molecular complexity index is 1450. The molecule has 0 saturated carbocycles. The van der Waals surface area contributed by atoms with Gasteiger partial charge in [-0.15, -0.1) is 11.3 Å². The van der Waals surface area contributed by atoms with Gasteiger partial charge < -0.3 is 4.57 Å². The van der Waals surface area contributed by atoms with Crippen LogP contribution in [0.5, 0.6) is 0 Å². The SMILES string of the molecule is Cc1cc(C)c(-c2cc3sc(C=C4C(=O)c5cc(Cl)c(Cl)cc5C4=O)cc3n2C)c(C)c1. The molecule has 2 aromatic carbocycles. The number of aromatic nitrogens is 1. The standard InChI is InChI=1S/C26H19Cl2NO2S/c1-12-5-13(2)24(14(3)6-12)22-11-23-21(29(22)4)8-15(32-23)7-18-25(30)16-9-19(27)20(28)10-17(16)26(18)31/h5-11H,1-4H3. The van der Waals surface area contributed by atoms with Crippen LogP contribution in [-0.2, 0) is 7.05 Å². The van der Waals surface area contributed by atoms with Gasteiger partial charge in [0, 0.05) is 28.6 Å². The molecule has 0 aliphatic heterocycles. The number of fused-ring (bicyclic) bond motifs is 2. The predicted octanol–water partition coefficient (Wildman–Crippen LogP) is 7.60. The van der Waals surface area contributed by atoms with Gasteiger partial charge in [0.1, 0.15) is 0 Å². The monoisotopic (exact) mass is 479 g/mol. The molecule has 1 aliphatic carbocycles. The third kappa shape index (κ3) is 3.17. The molecule has 5 rings (SSSR count). The van der Waals surface area contributed by atoms with Crippen LogP contribution in [0.25, 0.3) is 27.6 Å². The summed E-state index contributed by atoms with van der Waals surface area (Å²) in [5.74, 6) is -0.625. The molecule has 0 bridgehead atoms. The first-order valence-electron chi connectivity index (χ1n) is 10.1. The summed E-state index contributed by atoms with van der Waals surface area (Å²) in [7, 11) is 2.05. The highest BCUT2D eigenvalue weighted by atomic mass is 35.5. The summed E-state index contributed by atoms with van der Waals surface area (Å²) in [6, 6.07) is 11.6. The second-order valence-corrected chi connectivity index (χ2v) is 10.2. The van der Waals surface area contributed by atoms with E-state index in [1.807, 2.05) is 13.1 Å². The normalized spacial score (nSPS) is 13.4. The highest BCUT2D eigenvalue weighted by Gasteiger charge is 2.34. The fourth-order valence-electron chi connectivity index (χ4n) is 4.62. The first-order valence-corrected chi connectivity index (χ1v) is 11.7. The molecule has 2 heterocycles. The van der Waals surface area contributed by atoms with Crippen LogP contribution < -0.4 is 0 Å². The number of hydrogen-bond donors (Lipinski definition) is 0. The number of thiophene rings is 1. The number of aryl methyl sites for hydroxylation is 4. The van der Waals surface area contributed by atoms with Crippen molar-refractivity contribution in [2.75, 3.05) is 0 Å². The number of benzene rings is 2. The topological polar surface area (TPSA) is 39.1 Å². The zero-order chi connectivity index (χ0) is 22.9. The van der Waals surface area contributed by atoms with Crippen LogP contribution in [-0.4, -0.2) is 16.1 Å². The number of ketones is 2. The number of hydrogen-bond acceptors (Lipinski definition) is 3. The van der Waals surface area contributed by atoms with Crippen LogP contribution in [0.4, 0.5) is 0 Å². The Morgan fingerprint density at radius 2 is 1.41 bits per heavy atom. The van der Waals surface area contributed by atoms with Gasteiger partial charge in [-0.3, -0.25) is 9.59 Å². The van der Waals surface area contributed by atoms with E-state index in [9.17, 15) is 9.59 Å². The number of Topliss-reactive ketones (excluding diaryl/α,β-unsaturated/α-hetero) is 2. The predicted molar refractivity (Wildman–Crippen MR) is 134 cm³/mol. The summed E-state index contributed by atoms with van der Waals surface area (Å²) in [5, 5.41) is 0.535. The lowest BCUT2D eigenvalue weighted by Gasteiger charge is -2.12. The molecule has 4 aromatic rings. The van der Waals surface area contributed by atoms with Crippen molar-refractivity contribution in [3.8, 4) is 11.3 Å². The van der Waals surface area contributed by atoms with Gasteiger partial charge in [-0.1, -0.05) is 40.9 Å². The zero-order valence-corrected chi connectivity index (χ0v) is 20.3. The summed E-state index contributed by atoms with van der Waals surface area (Å²) < 4.78 is 3.28. The lowest BCUT2D eigenvalue weighted by atomic mass is 9.97. The molecular weight excluding hydrogens is 461 g/mol. The van der Waals surface area contributed by atoms with Gasteiger partial charge in [0.15, 0.2) is 11.6 Å². The molecule has 0 radical (unpaired) electrons. The highest BCUT2D eigenvalue weighted by Crippen LogP contribution is 2.38. The second kappa shape index (κ2) is 7.45. The quantitative estimate of drug-likeness (QED) is 0.219. The van der Waals surface area contributed by atoms with E-state index in [1.165, 1.54) is 34.4 Å². The molecule has 1 aliphatic rings. The zero-order valence-electron chi connectivity index (χ0n) is 18.0. The van der Waals surface area contributed by atoms with Crippen LogP contribution in [0.15, 0.2) is 42.0 Å². The van der Waals surface area contributed by atoms with Crippen molar-refractivity contribution < 1.29 is 9.59 Å². The molecule has 6 heteroatoms. The van der Waals surface area contributed by atoms with Crippen molar-refractivity contribution in [3.05, 3.63) is 84.7 Å². The van der Waals surface area contributed by atoms with E-state index < -0.39 is 0 Å². The number of nitrogens with zero attached hydrogens (tertiary/aromatic N) is 1. The van der Waals surface area contributed by atoms with Crippen LogP contribution >= 0.6 is 34.5 Å². The lowest BCUT2D eigenvalue weighted by molar-refractivity contribution is 0.0990. The maximum Gasteiger partial charge on any atom is 0.197 e. The van der Waals surface area contributed by atoms with Gasteiger partial charge in [0.25, 0.3) is 0 Å². The molecule has 0 N–H and O–H groups in total. The summed E-state index contributed by atoms with van der Waals surface area (Å²) in [5.41, 5.74) is 7.98. The minimum absolute atomic E-state index is 0.148. The summed E-state index contributed by atoms with van der Waals surface area (Å²) in [4.78, 5) is 26.5. The molecular formula is C26H19Cl2NO2S. The minimum Gasteiger partial charge on any atom is -0.343 e. The molecule has 0 spiro atoms. The van der Waals surface area contributed by atoms with Crippen molar-refractivity contribution in [1.82, 2.24) is 4.57 Å². The number of allylic oxidation sites excluding steroid dienone is 1. The first kappa shape index (κ1) is 21.2. The van der Waals surface area contributed by atoms with Crippen molar-refractivity contribution in [2.24, 2.45) is 7.05 Å². The molecule has 0 atom stereocenters. The Morgan fingerprint density at radius 3 is 1.94 bits per heavy atom. The fraction of sp³-hybridized carbons (Fsp3) is 0.154. The Hall–Kier alpha value is -2.66. The minimum atomic E-state index is -0.312. The average Bonchev–Trinajstić information content (AvgIpc) is 3.31. The smallest absolute Gasteiger partial charge is 0.197 e. The van der Waals surface area contributed by atoms with E-state index in [-0.39, 0.29) is 27.2 Å². The summed E-state index contributed by atoms with van der Waals surface area (Å²) in [6.07, 6.45) is 1.68. The summed E-state index contributed by atoms with van der Waals surface area (Å²) >= 11 is 13.7. The van der Waals surface area contributed by atoms with E-state index in [0.717, 1.165) is 20.8 Å². The van der Waals surface area contributed by atoms with Crippen molar-refractivity contribution in [1.29, 1.82) is 0 Å². The molecule has 0 saturated heterocycles. The molecule has 32 heavy (non-hydrogen) atoms. The first-order chi connectivity index (χ1) is 15.2. The van der Waals surface area contributed by atoms with E-state index in [4.69, 9.17) is 23.2 Å². The van der Waals surface area contributed by atoms with Crippen molar-refractivity contribution in [3.63, 3.8) is 0 Å². The van der Waals surface area contributed by atoms with E-state index >= 15 is 0 Å². The van der Waals surface area contributed by atoms with E-state index in [1.54, 1.807) is 17.4 Å². The number of halogens is 2. The van der Waals surface area contributed by atoms with Crippen LogP contribution in [0, 0.1) is 20.8 Å². The van der Waals surface area contributed by atoms with Gasteiger partial charge in [-0.2, -0.15) is 0 Å². The van der Waals surface area contributed by atoms with E-state index in [2.05, 4.69) is 43.5 Å². The Kier molecular flexibility index (Phi) is 4.93. The van der Waals surface area contributed by atoms with Gasteiger partial charge in [-0.05, 0) is 62.2 Å². The Labute approximate surface area is 199 Å². The largest absolute Gasteiger partial charge is 0.343 e. The maximum absolute atomic E-state index is 12.8. The van der Waals surface area contributed by atoms with Gasteiger partial charge in [0.2, 0.25) is 0 Å². The Morgan fingerprint density at radius 1 is 0.844 bits per heavy atom. The number of carbonyl (C=O) groups excluding carboxylic acids is 2. The molecule has 0 amide bonds.